The highest BCUT2D eigenvalue weighted by molar-refractivity contribution is 4.78. The van der Waals surface area contributed by atoms with Crippen molar-refractivity contribution in [2.75, 3.05) is 26.7 Å². The van der Waals surface area contributed by atoms with Gasteiger partial charge in [-0.05, 0) is 32.5 Å². The van der Waals surface area contributed by atoms with Gasteiger partial charge in [0.2, 0.25) is 0 Å². The van der Waals surface area contributed by atoms with Crippen LogP contribution in [0.25, 0.3) is 0 Å². The van der Waals surface area contributed by atoms with Crippen LogP contribution in [0, 0.1) is 5.92 Å². The van der Waals surface area contributed by atoms with E-state index in [2.05, 4.69) is 4.90 Å². The fourth-order valence-corrected chi connectivity index (χ4v) is 1.41. The van der Waals surface area contributed by atoms with Crippen molar-refractivity contribution in [3.8, 4) is 0 Å². The summed E-state index contributed by atoms with van der Waals surface area (Å²) in [6.07, 6.45) is 0.831. The Labute approximate surface area is 61.8 Å². The normalized spacial score (nSPS) is 36.3. The molecule has 0 aliphatic carbocycles. The summed E-state index contributed by atoms with van der Waals surface area (Å²) in [7, 11) is 2.02. The molecule has 2 atom stereocenters. The molecule has 3 nitrogen and oxygen atoms in total. The Kier molecular flexibility index (Phi) is 2.65. The molecule has 3 N–H and O–H groups in total. The van der Waals surface area contributed by atoms with Gasteiger partial charge < -0.3 is 15.7 Å². The fraction of sp³-hybridized carbons (Fsp3) is 1.00. The summed E-state index contributed by atoms with van der Waals surface area (Å²) in [6.45, 7) is 2.47. The molecule has 60 valence electrons. The number of β-amino-alcohol motifs (C(OH)–C–C–N with tert-alkyl or cyclic N) is 1. The standard InChI is InChI=1S/C7H16N2O/c1-9-3-2-6(4-8)7(10)5-9/h6-7,10H,2-5,8H2,1H3. The van der Waals surface area contributed by atoms with Crippen molar-refractivity contribution in [3.63, 3.8) is 0 Å². The molecule has 1 fully saturated rings. The van der Waals surface area contributed by atoms with Gasteiger partial charge >= 0.3 is 0 Å². The van der Waals surface area contributed by atoms with Crippen LogP contribution in [0.1, 0.15) is 6.42 Å². The minimum absolute atomic E-state index is 0.205. The van der Waals surface area contributed by atoms with E-state index in [1.165, 1.54) is 0 Å². The number of likely N-dealkylation sites (tertiary alicyclic amines) is 1. The van der Waals surface area contributed by atoms with E-state index in [0.717, 1.165) is 19.5 Å². The third kappa shape index (κ3) is 1.68. The van der Waals surface area contributed by atoms with Crippen LogP contribution in [0.4, 0.5) is 0 Å². The van der Waals surface area contributed by atoms with Gasteiger partial charge in [-0.15, -0.1) is 0 Å². The van der Waals surface area contributed by atoms with Crippen LogP contribution in [0.2, 0.25) is 0 Å². The van der Waals surface area contributed by atoms with Gasteiger partial charge in [0, 0.05) is 6.54 Å². The minimum Gasteiger partial charge on any atom is -0.391 e. The van der Waals surface area contributed by atoms with Crippen LogP contribution in [0.5, 0.6) is 0 Å². The number of nitrogens with two attached hydrogens (primary N) is 1. The molecule has 1 aliphatic rings. The quantitative estimate of drug-likeness (QED) is 0.509. The molecular weight excluding hydrogens is 128 g/mol. The Balaban J connectivity index is 2.36. The predicted molar refractivity (Wildman–Crippen MR) is 40.7 cm³/mol. The molecular formula is C7H16N2O. The van der Waals surface area contributed by atoms with Crippen LogP contribution >= 0.6 is 0 Å². The van der Waals surface area contributed by atoms with Crippen molar-refractivity contribution in [1.29, 1.82) is 0 Å². The zero-order chi connectivity index (χ0) is 7.56. The molecule has 0 saturated carbocycles. The molecule has 1 rings (SSSR count). The highest BCUT2D eigenvalue weighted by Crippen LogP contribution is 2.14. The largest absolute Gasteiger partial charge is 0.391 e. The third-order valence-electron chi connectivity index (χ3n) is 2.23. The first-order valence-electron chi connectivity index (χ1n) is 3.80. The fourth-order valence-electron chi connectivity index (χ4n) is 1.41. The van der Waals surface area contributed by atoms with Crippen molar-refractivity contribution < 1.29 is 5.11 Å². The van der Waals surface area contributed by atoms with E-state index < -0.39 is 0 Å². The van der Waals surface area contributed by atoms with Gasteiger partial charge in [-0.2, -0.15) is 0 Å². The molecule has 0 aromatic rings. The Bertz CT molecular complexity index is 108. The van der Waals surface area contributed by atoms with Crippen LogP contribution in [-0.4, -0.2) is 42.8 Å². The predicted octanol–water partition coefficient (Wildman–Crippen LogP) is -0.742. The average Bonchev–Trinajstić information content (AvgIpc) is 1.88. The summed E-state index contributed by atoms with van der Waals surface area (Å²) in [6, 6.07) is 0. The number of nitrogens with zero attached hydrogens (tertiary/aromatic N) is 1. The lowest BCUT2D eigenvalue weighted by atomic mass is 9.94. The van der Waals surface area contributed by atoms with E-state index in [1.807, 2.05) is 7.05 Å². The number of aliphatic hydroxyl groups excluding tert-OH is 1. The molecule has 0 aromatic heterocycles. The second-order valence-corrected chi connectivity index (χ2v) is 3.11. The number of likely N-dealkylation sites (N-methyl/N-ethyl adjacent to an activating group) is 1. The number of hydrogen-bond acceptors (Lipinski definition) is 3. The highest BCUT2D eigenvalue weighted by atomic mass is 16.3. The maximum atomic E-state index is 9.42. The number of rotatable bonds is 1. The van der Waals surface area contributed by atoms with E-state index in [0.29, 0.717) is 12.5 Å². The number of aliphatic hydroxyl groups is 1. The topological polar surface area (TPSA) is 49.5 Å². The summed E-state index contributed by atoms with van der Waals surface area (Å²) >= 11 is 0. The van der Waals surface area contributed by atoms with Crippen LogP contribution in [-0.2, 0) is 0 Å². The highest BCUT2D eigenvalue weighted by Gasteiger charge is 2.23. The number of piperidine rings is 1. The zero-order valence-corrected chi connectivity index (χ0v) is 6.45. The molecule has 1 heterocycles. The van der Waals surface area contributed by atoms with E-state index in [9.17, 15) is 5.11 Å². The van der Waals surface area contributed by atoms with E-state index in [4.69, 9.17) is 5.73 Å². The maximum Gasteiger partial charge on any atom is 0.0707 e. The van der Waals surface area contributed by atoms with E-state index in [-0.39, 0.29) is 6.10 Å². The van der Waals surface area contributed by atoms with Crippen molar-refractivity contribution >= 4 is 0 Å². The van der Waals surface area contributed by atoms with Gasteiger partial charge in [-0.1, -0.05) is 0 Å². The summed E-state index contributed by atoms with van der Waals surface area (Å²) in [4.78, 5) is 2.14. The van der Waals surface area contributed by atoms with Gasteiger partial charge in [0.15, 0.2) is 0 Å². The Morgan fingerprint density at radius 1 is 1.70 bits per heavy atom. The van der Waals surface area contributed by atoms with Crippen LogP contribution in [0.15, 0.2) is 0 Å². The maximum absolute atomic E-state index is 9.42. The molecule has 2 unspecified atom stereocenters. The van der Waals surface area contributed by atoms with Crippen LogP contribution in [0.3, 0.4) is 0 Å². The first-order chi connectivity index (χ1) is 4.74. The minimum atomic E-state index is -0.205. The molecule has 0 amide bonds. The second kappa shape index (κ2) is 3.32. The van der Waals surface area contributed by atoms with E-state index in [1.54, 1.807) is 0 Å². The Morgan fingerprint density at radius 3 is 2.90 bits per heavy atom. The first kappa shape index (κ1) is 7.98. The lowest BCUT2D eigenvalue weighted by molar-refractivity contribution is 0.0363. The van der Waals surface area contributed by atoms with Crippen molar-refractivity contribution in [3.05, 3.63) is 0 Å². The lowest BCUT2D eigenvalue weighted by Crippen LogP contribution is -2.44. The van der Waals surface area contributed by atoms with Gasteiger partial charge in [-0.25, -0.2) is 0 Å². The van der Waals surface area contributed by atoms with Gasteiger partial charge in [0.1, 0.15) is 0 Å². The summed E-state index contributed by atoms with van der Waals surface area (Å²) < 4.78 is 0. The molecule has 1 saturated heterocycles. The molecule has 0 radical (unpaired) electrons. The first-order valence-corrected chi connectivity index (χ1v) is 3.80. The Morgan fingerprint density at radius 2 is 2.40 bits per heavy atom. The van der Waals surface area contributed by atoms with Gasteiger partial charge in [0.25, 0.3) is 0 Å². The Hall–Kier alpha value is -0.120. The third-order valence-corrected chi connectivity index (χ3v) is 2.23. The summed E-state index contributed by atoms with van der Waals surface area (Å²) in [5.74, 6) is 0.330. The average molecular weight is 144 g/mol. The van der Waals surface area contributed by atoms with Gasteiger partial charge in [-0.3, -0.25) is 0 Å². The SMILES string of the molecule is CN1CCC(CN)C(O)C1. The molecule has 3 heteroatoms. The van der Waals surface area contributed by atoms with Crippen LogP contribution < -0.4 is 5.73 Å². The van der Waals surface area contributed by atoms with Gasteiger partial charge in [0.05, 0.1) is 6.10 Å². The number of hydrogen-bond donors (Lipinski definition) is 2. The lowest BCUT2D eigenvalue weighted by Gasteiger charge is -2.32. The molecule has 0 bridgehead atoms. The molecule has 1 aliphatic heterocycles. The molecule has 0 spiro atoms. The smallest absolute Gasteiger partial charge is 0.0707 e. The molecule has 0 aromatic carbocycles. The second-order valence-electron chi connectivity index (χ2n) is 3.11. The van der Waals surface area contributed by atoms with Crippen molar-refractivity contribution in [2.45, 2.75) is 12.5 Å². The van der Waals surface area contributed by atoms with E-state index >= 15 is 0 Å². The summed E-state index contributed by atoms with van der Waals surface area (Å²) in [5.41, 5.74) is 5.46. The van der Waals surface area contributed by atoms with Crippen molar-refractivity contribution in [1.82, 2.24) is 4.90 Å². The van der Waals surface area contributed by atoms with Crippen molar-refractivity contribution in [2.24, 2.45) is 11.7 Å². The molecule has 10 heavy (non-hydrogen) atoms. The zero-order valence-electron chi connectivity index (χ0n) is 6.45. The summed E-state index contributed by atoms with van der Waals surface area (Å²) in [5, 5.41) is 9.42. The monoisotopic (exact) mass is 144 g/mol.